The number of hydrogen-bond donors (Lipinski definition) is 0. The van der Waals surface area contributed by atoms with Crippen LogP contribution in [0.1, 0.15) is 42.2 Å². The van der Waals surface area contributed by atoms with E-state index < -0.39 is 0 Å². The van der Waals surface area contributed by atoms with Gasteiger partial charge in [0.15, 0.2) is 0 Å². The Balaban J connectivity index is 1.11. The molecule has 0 bridgehead atoms. The summed E-state index contributed by atoms with van der Waals surface area (Å²) in [6.07, 6.45) is 3.79. The van der Waals surface area contributed by atoms with Crippen LogP contribution in [0.2, 0.25) is 0 Å². The third kappa shape index (κ3) is 4.06. The van der Waals surface area contributed by atoms with Gasteiger partial charge in [0.05, 0.1) is 29.4 Å². The molecule has 3 amide bonds. The molecule has 0 atom stereocenters. The molecule has 4 aromatic rings. The Labute approximate surface area is 213 Å². The van der Waals surface area contributed by atoms with Crippen molar-refractivity contribution in [1.29, 1.82) is 0 Å². The fourth-order valence-corrected chi connectivity index (χ4v) is 4.92. The SMILES string of the molecule is Cn1cc(-c2ccc(CN3Cc4cccc(OCCN5C(=O)c6ccccc6C5=O)c4C3=O)cc2)cn1. The summed E-state index contributed by atoms with van der Waals surface area (Å²) in [4.78, 5) is 41.5. The van der Waals surface area contributed by atoms with Gasteiger partial charge in [0.2, 0.25) is 0 Å². The number of fused-ring (bicyclic) bond motifs is 2. The van der Waals surface area contributed by atoms with E-state index in [0.29, 0.717) is 35.5 Å². The predicted octanol–water partition coefficient (Wildman–Crippen LogP) is 3.92. The van der Waals surface area contributed by atoms with Gasteiger partial charge in [-0.15, -0.1) is 0 Å². The maximum absolute atomic E-state index is 13.3. The summed E-state index contributed by atoms with van der Waals surface area (Å²) in [5.74, 6) is -0.269. The molecule has 0 N–H and O–H groups in total. The summed E-state index contributed by atoms with van der Waals surface area (Å²) >= 11 is 0. The van der Waals surface area contributed by atoms with Crippen LogP contribution in [0.25, 0.3) is 11.1 Å². The Morgan fingerprint density at radius 2 is 1.57 bits per heavy atom. The normalized spacial score (nSPS) is 14.4. The van der Waals surface area contributed by atoms with Crippen LogP contribution in [0.15, 0.2) is 79.1 Å². The van der Waals surface area contributed by atoms with E-state index in [1.54, 1.807) is 39.9 Å². The number of hydrogen-bond acceptors (Lipinski definition) is 5. The number of rotatable bonds is 7. The van der Waals surface area contributed by atoms with Gasteiger partial charge < -0.3 is 9.64 Å². The highest BCUT2D eigenvalue weighted by atomic mass is 16.5. The highest BCUT2D eigenvalue weighted by molar-refractivity contribution is 6.21. The lowest BCUT2D eigenvalue weighted by molar-refractivity contribution is 0.0628. The molecule has 3 heterocycles. The Morgan fingerprint density at radius 3 is 2.24 bits per heavy atom. The molecule has 2 aliphatic heterocycles. The molecule has 0 spiro atoms. The van der Waals surface area contributed by atoms with Gasteiger partial charge in [0.1, 0.15) is 12.4 Å². The van der Waals surface area contributed by atoms with Crippen LogP contribution in [0.4, 0.5) is 0 Å². The first-order valence-electron chi connectivity index (χ1n) is 12.1. The molecule has 0 saturated carbocycles. The second-order valence-electron chi connectivity index (χ2n) is 9.21. The van der Waals surface area contributed by atoms with Gasteiger partial charge in [0.25, 0.3) is 17.7 Å². The van der Waals surface area contributed by atoms with Gasteiger partial charge in [-0.3, -0.25) is 24.0 Å². The van der Waals surface area contributed by atoms with E-state index in [4.69, 9.17) is 4.74 Å². The molecule has 8 nitrogen and oxygen atoms in total. The molecular formula is C29H24N4O4. The lowest BCUT2D eigenvalue weighted by atomic mass is 10.1. The van der Waals surface area contributed by atoms with Crippen molar-refractivity contribution in [3.63, 3.8) is 0 Å². The molecule has 6 rings (SSSR count). The fraction of sp³-hybridized carbons (Fsp3) is 0.172. The molecule has 184 valence electrons. The summed E-state index contributed by atoms with van der Waals surface area (Å²) in [5.41, 5.74) is 5.40. The van der Waals surface area contributed by atoms with Crippen molar-refractivity contribution >= 4 is 17.7 Å². The first-order valence-corrected chi connectivity index (χ1v) is 12.1. The lowest BCUT2D eigenvalue weighted by Gasteiger charge is -2.17. The number of amides is 3. The first-order chi connectivity index (χ1) is 18.0. The van der Waals surface area contributed by atoms with Gasteiger partial charge in [-0.05, 0) is 34.9 Å². The average molecular weight is 493 g/mol. The van der Waals surface area contributed by atoms with Crippen molar-refractivity contribution in [1.82, 2.24) is 19.6 Å². The predicted molar refractivity (Wildman–Crippen MR) is 136 cm³/mol. The van der Waals surface area contributed by atoms with Crippen molar-refractivity contribution < 1.29 is 19.1 Å². The maximum Gasteiger partial charge on any atom is 0.261 e. The number of ether oxygens (including phenoxy) is 1. The molecule has 2 aliphatic rings. The number of aryl methyl sites for hydroxylation is 1. The molecule has 37 heavy (non-hydrogen) atoms. The monoisotopic (exact) mass is 492 g/mol. The summed E-state index contributed by atoms with van der Waals surface area (Å²) in [7, 11) is 1.89. The van der Waals surface area contributed by atoms with Crippen molar-refractivity contribution in [2.24, 2.45) is 7.05 Å². The van der Waals surface area contributed by atoms with Gasteiger partial charge >= 0.3 is 0 Å². The minimum Gasteiger partial charge on any atom is -0.491 e. The second kappa shape index (κ2) is 9.05. The first kappa shape index (κ1) is 22.7. The van der Waals surface area contributed by atoms with Crippen LogP contribution in [-0.4, -0.2) is 50.5 Å². The molecule has 8 heteroatoms. The highest BCUT2D eigenvalue weighted by Gasteiger charge is 2.35. The largest absolute Gasteiger partial charge is 0.491 e. The van der Waals surface area contributed by atoms with Crippen molar-refractivity contribution in [3.05, 3.63) is 107 Å². The Morgan fingerprint density at radius 1 is 0.838 bits per heavy atom. The van der Waals surface area contributed by atoms with Gasteiger partial charge in [0, 0.05) is 31.9 Å². The van der Waals surface area contributed by atoms with Crippen molar-refractivity contribution in [3.8, 4) is 16.9 Å². The molecular weight excluding hydrogens is 468 g/mol. The summed E-state index contributed by atoms with van der Waals surface area (Å²) in [6, 6.07) is 20.4. The molecule has 0 aliphatic carbocycles. The quantitative estimate of drug-likeness (QED) is 0.365. The van der Waals surface area contributed by atoms with Crippen molar-refractivity contribution in [2.75, 3.05) is 13.2 Å². The van der Waals surface area contributed by atoms with E-state index in [9.17, 15) is 14.4 Å². The van der Waals surface area contributed by atoms with E-state index in [1.807, 2.05) is 55.8 Å². The standard InChI is InChI=1S/C29H24N4O4/c1-31-17-22(15-30-31)20-11-9-19(10-12-20)16-32-18-21-5-4-8-25(26(21)29(32)36)37-14-13-33-27(34)23-6-2-3-7-24(23)28(33)35/h2-12,15,17H,13-14,16,18H2,1H3. The summed E-state index contributed by atoms with van der Waals surface area (Å²) < 4.78 is 7.71. The summed E-state index contributed by atoms with van der Waals surface area (Å²) in [6.45, 7) is 1.19. The zero-order chi connectivity index (χ0) is 25.5. The number of carbonyl (C=O) groups is 3. The highest BCUT2D eigenvalue weighted by Crippen LogP contribution is 2.32. The van der Waals surface area contributed by atoms with Crippen LogP contribution in [0.3, 0.4) is 0 Å². The molecule has 0 fully saturated rings. The molecule has 1 aromatic heterocycles. The van der Waals surface area contributed by atoms with Crippen LogP contribution >= 0.6 is 0 Å². The zero-order valence-electron chi connectivity index (χ0n) is 20.3. The Kier molecular flexibility index (Phi) is 5.56. The topological polar surface area (TPSA) is 84.7 Å². The van der Waals surface area contributed by atoms with Gasteiger partial charge in [-0.2, -0.15) is 5.10 Å². The average Bonchev–Trinajstić information content (AvgIpc) is 3.56. The molecule has 3 aromatic carbocycles. The number of imide groups is 1. The van der Waals surface area contributed by atoms with Crippen molar-refractivity contribution in [2.45, 2.75) is 13.1 Å². The smallest absolute Gasteiger partial charge is 0.261 e. The second-order valence-corrected chi connectivity index (χ2v) is 9.21. The lowest BCUT2D eigenvalue weighted by Crippen LogP contribution is -2.33. The molecule has 0 unspecified atom stereocenters. The fourth-order valence-electron chi connectivity index (χ4n) is 4.92. The number of benzene rings is 3. The van der Waals surface area contributed by atoms with Crippen LogP contribution in [0.5, 0.6) is 5.75 Å². The third-order valence-corrected chi connectivity index (χ3v) is 6.79. The van der Waals surface area contributed by atoms with E-state index >= 15 is 0 Å². The van der Waals surface area contributed by atoms with E-state index in [0.717, 1.165) is 22.3 Å². The Hall–Kier alpha value is -4.72. The minimum absolute atomic E-state index is 0.0948. The zero-order valence-corrected chi connectivity index (χ0v) is 20.3. The van der Waals surface area contributed by atoms with E-state index in [1.165, 1.54) is 4.90 Å². The van der Waals surface area contributed by atoms with Crippen LogP contribution in [-0.2, 0) is 20.1 Å². The number of nitrogens with zero attached hydrogens (tertiary/aromatic N) is 4. The van der Waals surface area contributed by atoms with Crippen LogP contribution in [0, 0.1) is 0 Å². The third-order valence-electron chi connectivity index (χ3n) is 6.79. The van der Waals surface area contributed by atoms with Gasteiger partial charge in [-0.1, -0.05) is 48.5 Å². The van der Waals surface area contributed by atoms with Crippen LogP contribution < -0.4 is 4.74 Å². The van der Waals surface area contributed by atoms with E-state index in [2.05, 4.69) is 5.10 Å². The molecule has 0 radical (unpaired) electrons. The van der Waals surface area contributed by atoms with E-state index in [-0.39, 0.29) is 30.9 Å². The Bertz CT molecular complexity index is 1500. The minimum atomic E-state index is -0.320. The molecule has 0 saturated heterocycles. The maximum atomic E-state index is 13.3. The number of aromatic nitrogens is 2. The number of carbonyl (C=O) groups excluding carboxylic acids is 3. The summed E-state index contributed by atoms with van der Waals surface area (Å²) in [5, 5.41) is 4.22. The van der Waals surface area contributed by atoms with Gasteiger partial charge in [-0.25, -0.2) is 0 Å².